The van der Waals surface area contributed by atoms with Crippen molar-refractivity contribution in [2.45, 2.75) is 19.8 Å². The minimum atomic E-state index is -0.396. The summed E-state index contributed by atoms with van der Waals surface area (Å²) in [6.45, 7) is 1.70. The van der Waals surface area contributed by atoms with Crippen molar-refractivity contribution in [3.63, 3.8) is 0 Å². The molecule has 0 saturated heterocycles. The zero-order valence-corrected chi connectivity index (χ0v) is 7.74. The van der Waals surface area contributed by atoms with Gasteiger partial charge in [0.15, 0.2) is 5.78 Å². The van der Waals surface area contributed by atoms with Crippen molar-refractivity contribution in [2.24, 2.45) is 0 Å². The van der Waals surface area contributed by atoms with Crippen molar-refractivity contribution in [2.75, 3.05) is 0 Å². The number of rotatable bonds is 1. The first kappa shape index (κ1) is 8.87. The average Bonchev–Trinajstić information content (AvgIpc) is 2.47. The normalized spacial score (nSPS) is 14.2. The van der Waals surface area contributed by atoms with Crippen LogP contribution in [0.2, 0.25) is 0 Å². The highest BCUT2D eigenvalue weighted by atomic mass is 16.6. The van der Waals surface area contributed by atoms with E-state index in [9.17, 15) is 14.9 Å². The van der Waals surface area contributed by atoms with Gasteiger partial charge in [-0.2, -0.15) is 0 Å². The van der Waals surface area contributed by atoms with Gasteiger partial charge < -0.3 is 0 Å². The fourth-order valence-corrected chi connectivity index (χ4v) is 1.90. The Labute approximate surface area is 80.7 Å². The Bertz CT molecular complexity index is 437. The zero-order valence-electron chi connectivity index (χ0n) is 7.74. The Kier molecular flexibility index (Phi) is 1.84. The second-order valence-electron chi connectivity index (χ2n) is 3.44. The van der Waals surface area contributed by atoms with E-state index in [1.54, 1.807) is 19.1 Å². The topological polar surface area (TPSA) is 60.2 Å². The van der Waals surface area contributed by atoms with Gasteiger partial charge in [0.1, 0.15) is 0 Å². The maximum Gasteiger partial charge on any atom is 0.276 e. The van der Waals surface area contributed by atoms with Gasteiger partial charge in [-0.3, -0.25) is 14.9 Å². The molecule has 0 bridgehead atoms. The fraction of sp³-hybridized carbons (Fsp3) is 0.300. The summed E-state index contributed by atoms with van der Waals surface area (Å²) >= 11 is 0. The molecule has 72 valence electrons. The highest BCUT2D eigenvalue weighted by molar-refractivity contribution is 6.01. The summed E-state index contributed by atoms with van der Waals surface area (Å²) < 4.78 is 0. The number of benzene rings is 1. The molecule has 1 aliphatic rings. The molecule has 4 heteroatoms. The standard InChI is InChI=1S/C10H9NO3/c1-6-2-3-7-8(4-5-9(7)12)10(6)11(13)14/h2-3H,4-5H2,1H3. The van der Waals surface area contributed by atoms with Gasteiger partial charge in [0.05, 0.1) is 4.92 Å². The summed E-state index contributed by atoms with van der Waals surface area (Å²) in [6.07, 6.45) is 0.909. The number of carbonyl (C=O) groups excluding carboxylic acids is 1. The lowest BCUT2D eigenvalue weighted by Crippen LogP contribution is -1.98. The number of carbonyl (C=O) groups is 1. The van der Waals surface area contributed by atoms with E-state index in [1.807, 2.05) is 0 Å². The summed E-state index contributed by atoms with van der Waals surface area (Å²) in [5, 5.41) is 10.8. The Morgan fingerprint density at radius 2 is 2.07 bits per heavy atom. The molecular formula is C10H9NO3. The molecule has 0 aromatic heterocycles. The molecule has 0 amide bonds. The van der Waals surface area contributed by atoms with E-state index in [0.29, 0.717) is 29.5 Å². The van der Waals surface area contributed by atoms with Crippen LogP contribution in [0.1, 0.15) is 27.9 Å². The van der Waals surface area contributed by atoms with Crippen LogP contribution in [0.25, 0.3) is 0 Å². The second kappa shape index (κ2) is 2.90. The van der Waals surface area contributed by atoms with E-state index < -0.39 is 4.92 Å². The molecular weight excluding hydrogens is 182 g/mol. The lowest BCUT2D eigenvalue weighted by atomic mass is 10.0. The van der Waals surface area contributed by atoms with Crippen LogP contribution in [0.15, 0.2) is 12.1 Å². The van der Waals surface area contributed by atoms with Crippen molar-refractivity contribution in [3.05, 3.63) is 38.9 Å². The van der Waals surface area contributed by atoms with Gasteiger partial charge in [-0.05, 0) is 13.3 Å². The molecule has 0 spiro atoms. The number of nitrogens with zero attached hydrogens (tertiary/aromatic N) is 1. The predicted octanol–water partition coefficient (Wildman–Crippen LogP) is 2.03. The number of hydrogen-bond donors (Lipinski definition) is 0. The van der Waals surface area contributed by atoms with Crippen LogP contribution in [0, 0.1) is 17.0 Å². The maximum atomic E-state index is 11.3. The van der Waals surface area contributed by atoms with Gasteiger partial charge in [0, 0.05) is 23.1 Å². The number of Topliss-reactive ketones (excluding diaryl/α,β-unsaturated/α-hetero) is 1. The Morgan fingerprint density at radius 1 is 1.36 bits per heavy atom. The smallest absolute Gasteiger partial charge is 0.276 e. The van der Waals surface area contributed by atoms with Crippen LogP contribution >= 0.6 is 0 Å². The van der Waals surface area contributed by atoms with E-state index in [1.165, 1.54) is 0 Å². The van der Waals surface area contributed by atoms with Crippen LogP contribution in [0.4, 0.5) is 5.69 Å². The molecule has 0 atom stereocenters. The molecule has 1 aliphatic carbocycles. The monoisotopic (exact) mass is 191 g/mol. The Hall–Kier alpha value is -1.71. The van der Waals surface area contributed by atoms with Crippen molar-refractivity contribution in [3.8, 4) is 0 Å². The lowest BCUT2D eigenvalue weighted by Gasteiger charge is -2.02. The minimum absolute atomic E-state index is 0.0168. The Morgan fingerprint density at radius 3 is 2.71 bits per heavy atom. The third-order valence-electron chi connectivity index (χ3n) is 2.57. The molecule has 1 aromatic rings. The highest BCUT2D eigenvalue weighted by Crippen LogP contribution is 2.32. The van der Waals surface area contributed by atoms with Gasteiger partial charge in [-0.15, -0.1) is 0 Å². The SMILES string of the molecule is Cc1ccc2c(c1[N+](=O)[O-])CCC2=O. The second-order valence-corrected chi connectivity index (χ2v) is 3.44. The highest BCUT2D eigenvalue weighted by Gasteiger charge is 2.28. The number of aryl methyl sites for hydroxylation is 1. The van der Waals surface area contributed by atoms with E-state index in [-0.39, 0.29) is 11.5 Å². The maximum absolute atomic E-state index is 11.3. The average molecular weight is 191 g/mol. The third-order valence-corrected chi connectivity index (χ3v) is 2.57. The number of fused-ring (bicyclic) bond motifs is 1. The van der Waals surface area contributed by atoms with Crippen LogP contribution in [0.5, 0.6) is 0 Å². The molecule has 14 heavy (non-hydrogen) atoms. The number of nitro benzene ring substituents is 1. The number of nitro groups is 1. The van der Waals surface area contributed by atoms with E-state index in [2.05, 4.69) is 0 Å². The fourth-order valence-electron chi connectivity index (χ4n) is 1.90. The van der Waals surface area contributed by atoms with E-state index >= 15 is 0 Å². The third kappa shape index (κ3) is 1.11. The molecule has 0 saturated carbocycles. The van der Waals surface area contributed by atoms with Gasteiger partial charge in [0.25, 0.3) is 5.69 Å². The molecule has 0 heterocycles. The van der Waals surface area contributed by atoms with Crippen LogP contribution in [-0.2, 0) is 6.42 Å². The summed E-state index contributed by atoms with van der Waals surface area (Å²) in [7, 11) is 0. The van der Waals surface area contributed by atoms with Gasteiger partial charge >= 0.3 is 0 Å². The molecule has 4 nitrogen and oxygen atoms in total. The van der Waals surface area contributed by atoms with Crippen molar-refractivity contribution < 1.29 is 9.72 Å². The minimum Gasteiger partial charge on any atom is -0.294 e. The first-order valence-corrected chi connectivity index (χ1v) is 4.41. The molecule has 2 rings (SSSR count). The van der Waals surface area contributed by atoms with E-state index in [4.69, 9.17) is 0 Å². The first-order chi connectivity index (χ1) is 6.61. The van der Waals surface area contributed by atoms with Crippen molar-refractivity contribution in [1.82, 2.24) is 0 Å². The summed E-state index contributed by atoms with van der Waals surface area (Å²) in [4.78, 5) is 21.7. The largest absolute Gasteiger partial charge is 0.294 e. The molecule has 0 unspecified atom stereocenters. The van der Waals surface area contributed by atoms with Crippen molar-refractivity contribution >= 4 is 11.5 Å². The predicted molar refractivity (Wildman–Crippen MR) is 50.5 cm³/mol. The van der Waals surface area contributed by atoms with E-state index in [0.717, 1.165) is 0 Å². The zero-order chi connectivity index (χ0) is 10.3. The molecule has 0 radical (unpaired) electrons. The Balaban J connectivity index is 2.71. The quantitative estimate of drug-likeness (QED) is 0.504. The van der Waals surface area contributed by atoms with Crippen LogP contribution < -0.4 is 0 Å². The molecule has 0 fully saturated rings. The molecule has 0 N–H and O–H groups in total. The summed E-state index contributed by atoms with van der Waals surface area (Å²) in [5.41, 5.74) is 1.89. The summed E-state index contributed by atoms with van der Waals surface area (Å²) in [6, 6.07) is 3.33. The van der Waals surface area contributed by atoms with Crippen LogP contribution in [-0.4, -0.2) is 10.7 Å². The number of ketones is 1. The lowest BCUT2D eigenvalue weighted by molar-refractivity contribution is -0.386. The van der Waals surface area contributed by atoms with Gasteiger partial charge in [0.2, 0.25) is 0 Å². The van der Waals surface area contributed by atoms with Crippen LogP contribution in [0.3, 0.4) is 0 Å². The molecule has 0 aliphatic heterocycles. The molecule has 1 aromatic carbocycles. The number of hydrogen-bond acceptors (Lipinski definition) is 3. The van der Waals surface area contributed by atoms with Gasteiger partial charge in [-0.1, -0.05) is 12.1 Å². The summed E-state index contributed by atoms with van der Waals surface area (Å²) in [5.74, 6) is 0.0168. The van der Waals surface area contributed by atoms with Gasteiger partial charge in [-0.25, -0.2) is 0 Å². The first-order valence-electron chi connectivity index (χ1n) is 4.41. The van der Waals surface area contributed by atoms with Crippen molar-refractivity contribution in [1.29, 1.82) is 0 Å².